The number of rotatable bonds is 17. The van der Waals surface area contributed by atoms with Gasteiger partial charge in [0.15, 0.2) is 0 Å². The number of nitrogens with zero attached hydrogens (tertiary/aromatic N) is 2. The maximum absolute atomic E-state index is 11.7. The second-order valence-corrected chi connectivity index (χ2v) is 15.1. The van der Waals surface area contributed by atoms with Gasteiger partial charge in [0.05, 0.1) is 0 Å². The van der Waals surface area contributed by atoms with Crippen molar-refractivity contribution >= 4 is 20.5 Å². The summed E-state index contributed by atoms with van der Waals surface area (Å²) in [7, 11) is 0. The topological polar surface area (TPSA) is 25.3 Å². The van der Waals surface area contributed by atoms with Crippen molar-refractivity contribution < 1.29 is 19.1 Å². The van der Waals surface area contributed by atoms with Crippen molar-refractivity contribution in [2.45, 2.75) is 125 Å². The first-order valence-corrected chi connectivity index (χ1v) is 20.2. The molecule has 4 aromatic rings. The number of hydrogen-bond donors (Lipinski definition) is 0. The summed E-state index contributed by atoms with van der Waals surface area (Å²) in [5, 5.41) is 0. The first-order chi connectivity index (χ1) is 24.4. The summed E-state index contributed by atoms with van der Waals surface area (Å²) >= 11 is 1.61. The van der Waals surface area contributed by atoms with Crippen LogP contribution in [0.25, 0.3) is 16.9 Å². The SMILES string of the molecule is CCCCCC1=C(c2ccc(CCCC)cc2)[N+](=[N-])C(c2ccc(CCCC)cc2)=C1CCCC.Cc1cc[c]([Ni][c]2ccc(C)cc2)cc1. The van der Waals surface area contributed by atoms with Gasteiger partial charge in [-0.15, -0.1) is 0 Å². The molecule has 0 radical (unpaired) electrons. The van der Waals surface area contributed by atoms with Crippen LogP contribution < -0.4 is 9.07 Å². The van der Waals surface area contributed by atoms with E-state index in [1.54, 1.807) is 14.4 Å². The van der Waals surface area contributed by atoms with Crippen molar-refractivity contribution in [2.75, 3.05) is 0 Å². The van der Waals surface area contributed by atoms with E-state index in [0.717, 1.165) is 67.5 Å². The van der Waals surface area contributed by atoms with E-state index in [9.17, 15) is 5.53 Å². The van der Waals surface area contributed by atoms with Gasteiger partial charge in [-0.05, 0) is 86.8 Å². The molecule has 0 spiro atoms. The van der Waals surface area contributed by atoms with Gasteiger partial charge in [0.1, 0.15) is 0 Å². The van der Waals surface area contributed by atoms with Crippen molar-refractivity contribution in [1.82, 2.24) is 0 Å². The molecule has 1 heterocycles. The molecule has 0 saturated carbocycles. The van der Waals surface area contributed by atoms with Gasteiger partial charge < -0.3 is 5.53 Å². The van der Waals surface area contributed by atoms with E-state index in [4.69, 9.17) is 0 Å². The zero-order chi connectivity index (χ0) is 35.7. The van der Waals surface area contributed by atoms with Gasteiger partial charge in [0, 0.05) is 22.3 Å². The van der Waals surface area contributed by atoms with Gasteiger partial charge in [-0.3, -0.25) is 0 Å². The number of benzene rings is 4. The first kappa shape index (κ1) is 39.2. The number of unbranched alkanes of at least 4 members (excludes halogenated alkanes) is 5. The zero-order valence-corrected chi connectivity index (χ0v) is 32.6. The normalized spacial score (nSPS) is 12.9. The second kappa shape index (κ2) is 21.0. The fourth-order valence-electron chi connectivity index (χ4n) is 6.37. The van der Waals surface area contributed by atoms with Crippen LogP contribution in [-0.2, 0) is 27.3 Å². The Hall–Kier alpha value is -3.55. The van der Waals surface area contributed by atoms with E-state index in [1.165, 1.54) is 85.7 Å². The molecule has 0 bridgehead atoms. The average Bonchev–Trinajstić information content (AvgIpc) is 3.41. The minimum atomic E-state index is 0.997. The Morgan fingerprint density at radius 1 is 0.440 bits per heavy atom. The van der Waals surface area contributed by atoms with Crippen molar-refractivity contribution in [1.29, 1.82) is 0 Å². The van der Waals surface area contributed by atoms with Crippen molar-refractivity contribution in [3.63, 3.8) is 0 Å². The molecule has 0 amide bonds. The quantitative estimate of drug-likeness (QED) is 0.0592. The molecule has 3 heteroatoms. The summed E-state index contributed by atoms with van der Waals surface area (Å²) in [6, 6.07) is 35.2. The van der Waals surface area contributed by atoms with Crippen LogP contribution in [-0.4, -0.2) is 4.70 Å². The molecule has 0 N–H and O–H groups in total. The van der Waals surface area contributed by atoms with Gasteiger partial charge >= 0.3 is 97.0 Å². The Labute approximate surface area is 310 Å². The van der Waals surface area contributed by atoms with Crippen LogP contribution >= 0.6 is 0 Å². The van der Waals surface area contributed by atoms with Gasteiger partial charge in [-0.2, -0.15) is 0 Å². The van der Waals surface area contributed by atoms with Crippen LogP contribution in [0, 0.1) is 13.8 Å². The molecule has 4 aromatic carbocycles. The molecular weight excluding hydrogens is 651 g/mol. The van der Waals surface area contributed by atoms with E-state index in [0.29, 0.717) is 0 Å². The summed E-state index contributed by atoms with van der Waals surface area (Å²) in [5.74, 6) is 0. The van der Waals surface area contributed by atoms with Crippen molar-refractivity contribution in [2.24, 2.45) is 0 Å². The van der Waals surface area contributed by atoms with Crippen LogP contribution in [0.3, 0.4) is 0 Å². The Morgan fingerprint density at radius 3 is 1.18 bits per heavy atom. The standard InChI is InChI=1S/C33H46N2.2C7H7.Ni/c1-5-9-13-17-31-30(16-12-8-4)32(28-22-18-26(19-23-28)14-10-6-2)35(34)33(31)29-24-20-27(21-25-29)15-11-7-3;2*1-7-5-3-2-4-6-7;/h18-25H,5-17H2,1-4H3;2*3-6H,1H3;. The summed E-state index contributed by atoms with van der Waals surface area (Å²) in [5.41, 5.74) is 24.0. The molecule has 268 valence electrons. The summed E-state index contributed by atoms with van der Waals surface area (Å²) in [6.07, 6.45) is 15.0. The Bertz CT molecular complexity index is 1630. The average molecular weight is 712 g/mol. The van der Waals surface area contributed by atoms with E-state index in [1.807, 2.05) is 0 Å². The maximum atomic E-state index is 11.7. The van der Waals surface area contributed by atoms with Gasteiger partial charge in [-0.1, -0.05) is 84.1 Å². The monoisotopic (exact) mass is 710 g/mol. The fourth-order valence-corrected chi connectivity index (χ4v) is 7.35. The Morgan fingerprint density at radius 2 is 0.800 bits per heavy atom. The van der Waals surface area contributed by atoms with Crippen LogP contribution in [0.5, 0.6) is 0 Å². The van der Waals surface area contributed by atoms with E-state index in [-0.39, 0.29) is 0 Å². The van der Waals surface area contributed by atoms with Crippen LogP contribution in [0.1, 0.15) is 132 Å². The molecule has 5 rings (SSSR count). The number of hydrogen-bond acceptors (Lipinski definition) is 0. The van der Waals surface area contributed by atoms with E-state index >= 15 is 0 Å². The fraction of sp³-hybridized carbons (Fsp3) is 0.404. The van der Waals surface area contributed by atoms with Crippen LogP contribution in [0.4, 0.5) is 0 Å². The number of allylic oxidation sites excluding steroid dienone is 2. The third-order valence-electron chi connectivity index (χ3n) is 9.43. The van der Waals surface area contributed by atoms with E-state index < -0.39 is 0 Å². The minimum absolute atomic E-state index is 0.997. The molecule has 50 heavy (non-hydrogen) atoms. The van der Waals surface area contributed by atoms with Crippen LogP contribution in [0.15, 0.2) is 108 Å². The molecule has 0 saturated heterocycles. The van der Waals surface area contributed by atoms with Crippen molar-refractivity contribution in [3.8, 4) is 0 Å². The molecule has 1 aliphatic heterocycles. The third kappa shape index (κ3) is 11.5. The predicted octanol–water partition coefficient (Wildman–Crippen LogP) is 12.6. The summed E-state index contributed by atoms with van der Waals surface area (Å²) in [4.78, 5) is 0. The van der Waals surface area contributed by atoms with Gasteiger partial charge in [-0.25, -0.2) is 4.70 Å². The molecule has 1 aliphatic rings. The molecule has 0 unspecified atom stereocenters. The van der Waals surface area contributed by atoms with Gasteiger partial charge in [0.2, 0.25) is 11.4 Å². The molecule has 0 atom stereocenters. The first-order valence-electron chi connectivity index (χ1n) is 19.2. The van der Waals surface area contributed by atoms with Gasteiger partial charge in [0.25, 0.3) is 0 Å². The number of aryl methyl sites for hydroxylation is 4. The van der Waals surface area contributed by atoms with Crippen molar-refractivity contribution in [3.05, 3.63) is 147 Å². The molecular formula is C47H60N2Ni. The second-order valence-electron chi connectivity index (χ2n) is 13.7. The van der Waals surface area contributed by atoms with Crippen LogP contribution in [0.2, 0.25) is 0 Å². The predicted molar refractivity (Wildman–Crippen MR) is 213 cm³/mol. The summed E-state index contributed by atoms with van der Waals surface area (Å²) < 4.78 is 4.16. The Kier molecular flexibility index (Phi) is 16.5. The van der Waals surface area contributed by atoms with E-state index in [2.05, 4.69) is 139 Å². The third-order valence-corrected chi connectivity index (χ3v) is 10.7. The molecule has 0 aromatic heterocycles. The Balaban J connectivity index is 0.000000310. The molecule has 2 nitrogen and oxygen atoms in total. The summed E-state index contributed by atoms with van der Waals surface area (Å²) in [6.45, 7) is 13.2. The molecule has 0 aliphatic carbocycles. The zero-order valence-electron chi connectivity index (χ0n) is 31.6. The molecule has 0 fully saturated rings.